The Labute approximate surface area is 126 Å². The minimum atomic E-state index is -0.197. The number of aromatic nitrogens is 2. The van der Waals surface area contributed by atoms with Crippen LogP contribution in [0.1, 0.15) is 25.7 Å². The van der Waals surface area contributed by atoms with Crippen molar-refractivity contribution in [2.75, 3.05) is 25.0 Å². The van der Waals surface area contributed by atoms with Crippen molar-refractivity contribution in [3.63, 3.8) is 0 Å². The van der Waals surface area contributed by atoms with Crippen LogP contribution in [0, 0.1) is 0 Å². The Hall–Kier alpha value is -1.37. The lowest BCUT2D eigenvalue weighted by Gasteiger charge is -2.26. The zero-order valence-electron chi connectivity index (χ0n) is 11.6. The highest BCUT2D eigenvalue weighted by Crippen LogP contribution is 2.16. The number of carbonyl (C=O) groups is 1. The molecule has 1 aromatic rings. The highest BCUT2D eigenvalue weighted by molar-refractivity contribution is 9.10. The number of hydrogen-bond acceptors (Lipinski definition) is 4. The molecule has 20 heavy (non-hydrogen) atoms. The molecule has 2 heterocycles. The van der Waals surface area contributed by atoms with Crippen molar-refractivity contribution in [1.29, 1.82) is 0 Å². The van der Waals surface area contributed by atoms with Crippen molar-refractivity contribution < 1.29 is 4.79 Å². The summed E-state index contributed by atoms with van der Waals surface area (Å²) in [5, 5.41) is 7.02. The van der Waals surface area contributed by atoms with E-state index in [0.29, 0.717) is 23.1 Å². The van der Waals surface area contributed by atoms with Crippen LogP contribution in [0.25, 0.3) is 0 Å². The standard InChI is InChI=1S/C13H19BrN4O2/c1-17-13(20)12(14)10(9-16-17)15-6-5-11(19)18-7-3-2-4-8-18/h9,15H,2-8H2,1H3. The minimum absolute atomic E-state index is 0.171. The average Bonchev–Trinajstić information content (AvgIpc) is 2.48. The lowest BCUT2D eigenvalue weighted by atomic mass is 10.1. The first-order valence-electron chi connectivity index (χ1n) is 6.83. The lowest BCUT2D eigenvalue weighted by molar-refractivity contribution is -0.131. The van der Waals surface area contributed by atoms with Crippen LogP contribution < -0.4 is 10.9 Å². The van der Waals surface area contributed by atoms with Gasteiger partial charge in [0.2, 0.25) is 5.91 Å². The van der Waals surface area contributed by atoms with Crippen LogP contribution in [0.15, 0.2) is 15.5 Å². The quantitative estimate of drug-likeness (QED) is 0.896. The van der Waals surface area contributed by atoms with Crippen LogP contribution in [0.3, 0.4) is 0 Å². The van der Waals surface area contributed by atoms with Gasteiger partial charge in [0, 0.05) is 33.1 Å². The van der Waals surface area contributed by atoms with E-state index in [2.05, 4.69) is 26.3 Å². The van der Waals surface area contributed by atoms with E-state index in [1.165, 1.54) is 11.1 Å². The smallest absolute Gasteiger partial charge is 0.282 e. The molecule has 0 bridgehead atoms. The van der Waals surface area contributed by atoms with Gasteiger partial charge >= 0.3 is 0 Å². The van der Waals surface area contributed by atoms with Gasteiger partial charge in [-0.25, -0.2) is 4.68 Å². The zero-order chi connectivity index (χ0) is 14.5. The van der Waals surface area contributed by atoms with Gasteiger partial charge in [-0.1, -0.05) is 0 Å². The number of amides is 1. The Morgan fingerprint density at radius 1 is 1.40 bits per heavy atom. The molecule has 0 radical (unpaired) electrons. The second kappa shape index (κ2) is 6.88. The third-order valence-corrected chi connectivity index (χ3v) is 4.21. The predicted molar refractivity (Wildman–Crippen MR) is 80.7 cm³/mol. The summed E-state index contributed by atoms with van der Waals surface area (Å²) in [7, 11) is 1.59. The van der Waals surface area contributed by atoms with E-state index < -0.39 is 0 Å². The van der Waals surface area contributed by atoms with E-state index in [1.54, 1.807) is 13.2 Å². The molecule has 0 unspecified atom stereocenters. The molecule has 0 aliphatic carbocycles. The summed E-state index contributed by atoms with van der Waals surface area (Å²) < 4.78 is 1.70. The number of nitrogens with one attached hydrogen (secondary N) is 1. The number of hydrogen-bond donors (Lipinski definition) is 1. The SMILES string of the molecule is Cn1ncc(NCCC(=O)N2CCCCC2)c(Br)c1=O. The number of anilines is 1. The van der Waals surface area contributed by atoms with E-state index >= 15 is 0 Å². The van der Waals surface area contributed by atoms with Crippen LogP contribution in [-0.4, -0.2) is 40.2 Å². The van der Waals surface area contributed by atoms with Crippen LogP contribution in [0.5, 0.6) is 0 Å². The molecule has 0 atom stereocenters. The maximum atomic E-state index is 12.0. The highest BCUT2D eigenvalue weighted by atomic mass is 79.9. The molecule has 1 aliphatic heterocycles. The molecule has 110 valence electrons. The maximum Gasteiger partial charge on any atom is 0.282 e. The topological polar surface area (TPSA) is 67.2 Å². The molecule has 1 amide bonds. The van der Waals surface area contributed by atoms with Crippen LogP contribution >= 0.6 is 15.9 Å². The van der Waals surface area contributed by atoms with Crippen molar-refractivity contribution in [2.45, 2.75) is 25.7 Å². The maximum absolute atomic E-state index is 12.0. The highest BCUT2D eigenvalue weighted by Gasteiger charge is 2.16. The molecule has 7 heteroatoms. The monoisotopic (exact) mass is 342 g/mol. The number of carbonyl (C=O) groups excluding carboxylic acids is 1. The molecule has 0 spiro atoms. The Balaban J connectivity index is 1.85. The molecule has 1 saturated heterocycles. The number of halogens is 1. The fraction of sp³-hybridized carbons (Fsp3) is 0.615. The fourth-order valence-electron chi connectivity index (χ4n) is 2.24. The van der Waals surface area contributed by atoms with Gasteiger partial charge in [0.05, 0.1) is 11.9 Å². The van der Waals surface area contributed by atoms with Gasteiger partial charge in [0.15, 0.2) is 0 Å². The molecule has 6 nitrogen and oxygen atoms in total. The normalized spacial score (nSPS) is 15.2. The Morgan fingerprint density at radius 2 is 2.10 bits per heavy atom. The summed E-state index contributed by atoms with van der Waals surface area (Å²) in [4.78, 5) is 25.6. The lowest BCUT2D eigenvalue weighted by Crippen LogP contribution is -2.36. The molecule has 0 saturated carbocycles. The van der Waals surface area contributed by atoms with E-state index in [4.69, 9.17) is 0 Å². The van der Waals surface area contributed by atoms with Crippen molar-refractivity contribution in [3.05, 3.63) is 21.0 Å². The summed E-state index contributed by atoms with van der Waals surface area (Å²) in [6.07, 6.45) is 5.43. The van der Waals surface area contributed by atoms with E-state index in [9.17, 15) is 9.59 Å². The molecule has 2 rings (SSSR count). The Kier molecular flexibility index (Phi) is 5.17. The number of piperidine rings is 1. The molecule has 0 aromatic carbocycles. The summed E-state index contributed by atoms with van der Waals surface area (Å²) in [6.45, 7) is 2.24. The molecular formula is C13H19BrN4O2. The van der Waals surface area contributed by atoms with E-state index in [1.807, 2.05) is 4.90 Å². The van der Waals surface area contributed by atoms with Crippen molar-refractivity contribution in [2.24, 2.45) is 7.05 Å². The van der Waals surface area contributed by atoms with Crippen molar-refractivity contribution in [1.82, 2.24) is 14.7 Å². The van der Waals surface area contributed by atoms with Gasteiger partial charge in [-0.15, -0.1) is 0 Å². The van der Waals surface area contributed by atoms with Crippen molar-refractivity contribution in [3.8, 4) is 0 Å². The van der Waals surface area contributed by atoms with Crippen LogP contribution in [-0.2, 0) is 11.8 Å². The summed E-state index contributed by atoms with van der Waals surface area (Å²) >= 11 is 3.24. The van der Waals surface area contributed by atoms with Crippen LogP contribution in [0.2, 0.25) is 0 Å². The average molecular weight is 343 g/mol. The number of likely N-dealkylation sites (tertiary alicyclic amines) is 1. The van der Waals surface area contributed by atoms with E-state index in [0.717, 1.165) is 25.9 Å². The molecule has 1 aromatic heterocycles. The van der Waals surface area contributed by atoms with E-state index in [-0.39, 0.29) is 11.5 Å². The van der Waals surface area contributed by atoms with Gasteiger partial charge in [-0.2, -0.15) is 5.10 Å². The van der Waals surface area contributed by atoms with Gasteiger partial charge in [-0.3, -0.25) is 9.59 Å². The minimum Gasteiger partial charge on any atom is -0.382 e. The second-order valence-electron chi connectivity index (χ2n) is 4.92. The molecule has 1 N–H and O–H groups in total. The Morgan fingerprint density at radius 3 is 2.80 bits per heavy atom. The Bertz CT molecular complexity index is 538. The summed E-state index contributed by atoms with van der Waals surface area (Å²) in [5.41, 5.74) is 0.428. The number of rotatable bonds is 4. The summed E-state index contributed by atoms with van der Waals surface area (Å²) in [5.74, 6) is 0.171. The number of nitrogens with zero attached hydrogens (tertiary/aromatic N) is 3. The first-order chi connectivity index (χ1) is 9.59. The van der Waals surface area contributed by atoms with Gasteiger partial charge < -0.3 is 10.2 Å². The first kappa shape index (κ1) is 15.0. The third kappa shape index (κ3) is 3.59. The molecular weight excluding hydrogens is 324 g/mol. The largest absolute Gasteiger partial charge is 0.382 e. The molecule has 1 fully saturated rings. The predicted octanol–water partition coefficient (Wildman–Crippen LogP) is 1.36. The van der Waals surface area contributed by atoms with Crippen LogP contribution in [0.4, 0.5) is 5.69 Å². The third-order valence-electron chi connectivity index (χ3n) is 3.44. The molecule has 1 aliphatic rings. The zero-order valence-corrected chi connectivity index (χ0v) is 13.1. The van der Waals surface area contributed by atoms with Crippen molar-refractivity contribution >= 4 is 27.5 Å². The first-order valence-corrected chi connectivity index (χ1v) is 7.62. The summed E-state index contributed by atoms with van der Waals surface area (Å²) in [6, 6.07) is 0. The van der Waals surface area contributed by atoms with Gasteiger partial charge in [0.25, 0.3) is 5.56 Å². The van der Waals surface area contributed by atoms with Gasteiger partial charge in [0.1, 0.15) is 4.47 Å². The van der Waals surface area contributed by atoms with Gasteiger partial charge in [-0.05, 0) is 35.2 Å². The second-order valence-corrected chi connectivity index (χ2v) is 5.71. The fourth-order valence-corrected chi connectivity index (χ4v) is 2.74. The number of aryl methyl sites for hydroxylation is 1.